The number of benzene rings is 1. The molecule has 0 radical (unpaired) electrons. The third-order valence-corrected chi connectivity index (χ3v) is 2.37. The second-order valence-corrected chi connectivity index (χ2v) is 3.61. The zero-order valence-corrected chi connectivity index (χ0v) is 8.61. The number of hydrogen-bond acceptors (Lipinski definition) is 2. The Morgan fingerprint density at radius 1 is 1.07 bits per heavy atom. The molecule has 0 amide bonds. The highest BCUT2D eigenvalue weighted by atomic mass is 32.1. The van der Waals surface area contributed by atoms with Gasteiger partial charge in [-0.3, -0.25) is 4.99 Å². The van der Waals surface area contributed by atoms with Gasteiger partial charge < -0.3 is 0 Å². The van der Waals surface area contributed by atoms with Crippen LogP contribution in [0.5, 0.6) is 0 Å². The molecule has 0 N–H and O–H groups in total. The van der Waals surface area contributed by atoms with Gasteiger partial charge in [0.25, 0.3) is 0 Å². The molecule has 1 aromatic rings. The fourth-order valence-electron chi connectivity index (χ4n) is 1.34. The van der Waals surface area contributed by atoms with Crippen molar-refractivity contribution >= 4 is 18.3 Å². The number of nitrogens with zero attached hydrogens (tertiary/aromatic N) is 1. The monoisotopic (exact) mass is 201 g/mol. The van der Waals surface area contributed by atoms with Crippen LogP contribution in [0.15, 0.2) is 58.6 Å². The quantitative estimate of drug-likeness (QED) is 0.670. The van der Waals surface area contributed by atoms with E-state index in [0.717, 1.165) is 17.0 Å². The van der Waals surface area contributed by atoms with E-state index >= 15 is 0 Å². The van der Waals surface area contributed by atoms with Gasteiger partial charge in [0.05, 0.1) is 5.71 Å². The Labute approximate surface area is 89.3 Å². The molecule has 0 fully saturated rings. The second-order valence-electron chi connectivity index (χ2n) is 3.10. The van der Waals surface area contributed by atoms with Crippen molar-refractivity contribution in [3.8, 4) is 0 Å². The van der Waals surface area contributed by atoms with Gasteiger partial charge >= 0.3 is 0 Å². The molecule has 1 aliphatic heterocycles. The minimum atomic E-state index is 0.888. The molecule has 0 atom stereocenters. The summed E-state index contributed by atoms with van der Waals surface area (Å²) in [6.45, 7) is 0. The first kappa shape index (κ1) is 9.28. The van der Waals surface area contributed by atoms with Crippen LogP contribution in [0, 0.1) is 0 Å². The Morgan fingerprint density at radius 2 is 1.86 bits per heavy atom. The van der Waals surface area contributed by atoms with E-state index in [4.69, 9.17) is 0 Å². The first-order valence-corrected chi connectivity index (χ1v) is 4.99. The number of rotatable bonds is 1. The smallest absolute Gasteiger partial charge is 0.0513 e. The SMILES string of the molecule is Sc1ccc(C2=NC=CC=CC2)cc1. The van der Waals surface area contributed by atoms with Crippen LogP contribution in [-0.4, -0.2) is 5.71 Å². The van der Waals surface area contributed by atoms with Crippen molar-refractivity contribution in [3.05, 3.63) is 54.3 Å². The van der Waals surface area contributed by atoms with Gasteiger partial charge in [-0.25, -0.2) is 0 Å². The molecule has 0 aliphatic carbocycles. The molecule has 14 heavy (non-hydrogen) atoms. The normalized spacial score (nSPS) is 15.1. The van der Waals surface area contributed by atoms with Gasteiger partial charge in [-0.05, 0) is 23.8 Å². The molecule has 2 rings (SSSR count). The topological polar surface area (TPSA) is 12.4 Å². The summed E-state index contributed by atoms with van der Waals surface area (Å²) in [4.78, 5) is 5.35. The highest BCUT2D eigenvalue weighted by Crippen LogP contribution is 2.12. The molecule has 1 aliphatic rings. The van der Waals surface area contributed by atoms with E-state index in [1.807, 2.05) is 42.6 Å². The summed E-state index contributed by atoms with van der Waals surface area (Å²) in [6.07, 6.45) is 8.78. The number of allylic oxidation sites excluding steroid dienone is 3. The molecular weight excluding hydrogens is 190 g/mol. The molecule has 0 saturated heterocycles. The summed E-state index contributed by atoms with van der Waals surface area (Å²) >= 11 is 4.25. The van der Waals surface area contributed by atoms with E-state index in [1.54, 1.807) is 0 Å². The zero-order valence-electron chi connectivity index (χ0n) is 7.72. The van der Waals surface area contributed by atoms with E-state index in [-0.39, 0.29) is 0 Å². The molecular formula is C12H11NS. The summed E-state index contributed by atoms with van der Waals surface area (Å²) < 4.78 is 0. The van der Waals surface area contributed by atoms with Crippen molar-refractivity contribution in [2.75, 3.05) is 0 Å². The molecule has 1 heterocycles. The Kier molecular flexibility index (Phi) is 2.84. The first-order chi connectivity index (χ1) is 6.86. The first-order valence-electron chi connectivity index (χ1n) is 4.54. The van der Waals surface area contributed by atoms with Crippen LogP contribution in [0.3, 0.4) is 0 Å². The van der Waals surface area contributed by atoms with E-state index in [2.05, 4.69) is 23.7 Å². The number of hydrogen-bond donors (Lipinski definition) is 1. The van der Waals surface area contributed by atoms with Crippen molar-refractivity contribution in [2.24, 2.45) is 4.99 Å². The highest BCUT2D eigenvalue weighted by molar-refractivity contribution is 7.80. The lowest BCUT2D eigenvalue weighted by molar-refractivity contribution is 1.38. The average Bonchev–Trinajstić information content (AvgIpc) is 2.47. The zero-order chi connectivity index (χ0) is 9.80. The average molecular weight is 201 g/mol. The summed E-state index contributed by atoms with van der Waals surface area (Å²) in [5, 5.41) is 0. The third-order valence-electron chi connectivity index (χ3n) is 2.08. The predicted octanol–water partition coefficient (Wildman–Crippen LogP) is 3.24. The van der Waals surface area contributed by atoms with Crippen molar-refractivity contribution in [1.29, 1.82) is 0 Å². The number of aliphatic imine (C=N–C) groups is 1. The largest absolute Gasteiger partial charge is 0.260 e. The third kappa shape index (κ3) is 2.15. The van der Waals surface area contributed by atoms with Gasteiger partial charge in [0.1, 0.15) is 0 Å². The molecule has 0 unspecified atom stereocenters. The number of thiol groups is 1. The summed E-state index contributed by atoms with van der Waals surface area (Å²) in [7, 11) is 0. The maximum atomic E-state index is 4.37. The lowest BCUT2D eigenvalue weighted by Crippen LogP contribution is -1.97. The molecule has 70 valence electrons. The Bertz CT molecular complexity index is 399. The van der Waals surface area contributed by atoms with Crippen molar-refractivity contribution < 1.29 is 0 Å². The van der Waals surface area contributed by atoms with E-state index in [1.165, 1.54) is 5.56 Å². The van der Waals surface area contributed by atoms with Crippen LogP contribution in [0.4, 0.5) is 0 Å². The van der Waals surface area contributed by atoms with Gasteiger partial charge in [-0.15, -0.1) is 12.6 Å². The van der Waals surface area contributed by atoms with E-state index in [0.29, 0.717) is 0 Å². The summed E-state index contributed by atoms with van der Waals surface area (Å²) in [5.74, 6) is 0. The molecule has 0 spiro atoms. The second kappa shape index (κ2) is 4.29. The lowest BCUT2D eigenvalue weighted by atomic mass is 10.1. The van der Waals surface area contributed by atoms with Crippen molar-refractivity contribution in [1.82, 2.24) is 0 Å². The highest BCUT2D eigenvalue weighted by Gasteiger charge is 2.01. The maximum Gasteiger partial charge on any atom is 0.0513 e. The standard InChI is InChI=1S/C12H11NS/c14-11-7-5-10(6-8-11)12-4-2-1-3-9-13-12/h1-3,5-9,14H,4H2. The Balaban J connectivity index is 2.31. The maximum absolute atomic E-state index is 4.37. The molecule has 0 saturated carbocycles. The van der Waals surface area contributed by atoms with Crippen LogP contribution < -0.4 is 0 Å². The fraction of sp³-hybridized carbons (Fsp3) is 0.0833. The summed E-state index contributed by atoms with van der Waals surface area (Å²) in [5.41, 5.74) is 2.27. The molecule has 0 bridgehead atoms. The minimum absolute atomic E-state index is 0.888. The van der Waals surface area contributed by atoms with Gasteiger partial charge in [0.15, 0.2) is 0 Å². The van der Waals surface area contributed by atoms with Crippen LogP contribution in [0.1, 0.15) is 12.0 Å². The predicted molar refractivity (Wildman–Crippen MR) is 63.1 cm³/mol. The van der Waals surface area contributed by atoms with Crippen molar-refractivity contribution in [3.63, 3.8) is 0 Å². The molecule has 1 nitrogen and oxygen atoms in total. The van der Waals surface area contributed by atoms with E-state index in [9.17, 15) is 0 Å². The van der Waals surface area contributed by atoms with Gasteiger partial charge in [0, 0.05) is 17.5 Å². The van der Waals surface area contributed by atoms with Crippen molar-refractivity contribution in [2.45, 2.75) is 11.3 Å². The Morgan fingerprint density at radius 3 is 2.64 bits per heavy atom. The van der Waals surface area contributed by atoms with Gasteiger partial charge in [-0.2, -0.15) is 0 Å². The van der Waals surface area contributed by atoms with Crippen LogP contribution >= 0.6 is 12.6 Å². The van der Waals surface area contributed by atoms with E-state index < -0.39 is 0 Å². The molecule has 1 aromatic carbocycles. The van der Waals surface area contributed by atoms with Gasteiger partial charge in [0.2, 0.25) is 0 Å². The van der Waals surface area contributed by atoms with Gasteiger partial charge in [-0.1, -0.05) is 24.3 Å². The molecule has 0 aromatic heterocycles. The summed E-state index contributed by atoms with van der Waals surface area (Å²) in [6, 6.07) is 8.07. The lowest BCUT2D eigenvalue weighted by Gasteiger charge is -2.02. The minimum Gasteiger partial charge on any atom is -0.260 e. The fourth-order valence-corrected chi connectivity index (χ4v) is 1.49. The Hall–Kier alpha value is -1.28. The van der Waals surface area contributed by atoms with Crippen LogP contribution in [-0.2, 0) is 0 Å². The van der Waals surface area contributed by atoms with Crippen LogP contribution in [0.25, 0.3) is 0 Å². The molecule has 2 heteroatoms. The van der Waals surface area contributed by atoms with Crippen LogP contribution in [0.2, 0.25) is 0 Å².